The van der Waals surface area contributed by atoms with Crippen molar-refractivity contribution in [1.29, 1.82) is 0 Å². The van der Waals surface area contributed by atoms with Crippen LogP contribution >= 0.6 is 0 Å². The number of likely N-dealkylation sites (tertiary alicyclic amines) is 1. The molecule has 1 saturated heterocycles. The maximum Gasteiger partial charge on any atom is 0.0195 e. The van der Waals surface area contributed by atoms with E-state index in [-0.39, 0.29) is 0 Å². The van der Waals surface area contributed by atoms with Gasteiger partial charge in [-0.05, 0) is 44.8 Å². The second-order valence-electron chi connectivity index (χ2n) is 6.29. The molecule has 0 radical (unpaired) electrons. The van der Waals surface area contributed by atoms with Crippen molar-refractivity contribution in [3.05, 3.63) is 0 Å². The van der Waals surface area contributed by atoms with Crippen LogP contribution in [0.5, 0.6) is 0 Å². The first kappa shape index (κ1) is 16.0. The van der Waals surface area contributed by atoms with E-state index in [9.17, 15) is 0 Å². The Morgan fingerprint density at radius 3 is 2.67 bits per heavy atom. The van der Waals surface area contributed by atoms with Gasteiger partial charge in [-0.25, -0.2) is 0 Å². The number of nitrogens with one attached hydrogen (secondary N) is 1. The number of nitrogens with zero attached hydrogens (tertiary/aromatic N) is 1. The third-order valence-electron chi connectivity index (χ3n) is 4.00. The molecule has 1 aliphatic rings. The fourth-order valence-electron chi connectivity index (χ4n) is 2.96. The predicted octanol–water partition coefficient (Wildman–Crippen LogP) is 3.67. The SMILES string of the molecule is CCNC1CCCN(CCCCCCC(C)C)C1. The van der Waals surface area contributed by atoms with Crippen LogP contribution in [0, 0.1) is 5.92 Å². The van der Waals surface area contributed by atoms with Crippen molar-refractivity contribution in [2.75, 3.05) is 26.2 Å². The summed E-state index contributed by atoms with van der Waals surface area (Å²) < 4.78 is 0. The van der Waals surface area contributed by atoms with Crippen molar-refractivity contribution in [2.24, 2.45) is 5.92 Å². The Kier molecular flexibility index (Phi) is 8.70. The quantitative estimate of drug-likeness (QED) is 0.632. The first-order chi connectivity index (χ1) is 8.72. The molecule has 18 heavy (non-hydrogen) atoms. The molecule has 0 spiro atoms. The topological polar surface area (TPSA) is 15.3 Å². The number of hydrogen-bond acceptors (Lipinski definition) is 2. The molecule has 0 aromatic rings. The molecule has 1 atom stereocenters. The minimum Gasteiger partial charge on any atom is -0.313 e. The van der Waals surface area contributed by atoms with Gasteiger partial charge in [-0.1, -0.05) is 46.5 Å². The summed E-state index contributed by atoms with van der Waals surface area (Å²) in [5, 5.41) is 3.60. The van der Waals surface area contributed by atoms with Gasteiger partial charge in [0.25, 0.3) is 0 Å². The van der Waals surface area contributed by atoms with Gasteiger partial charge < -0.3 is 10.2 Å². The van der Waals surface area contributed by atoms with Crippen LogP contribution in [-0.2, 0) is 0 Å². The molecule has 1 N–H and O–H groups in total. The van der Waals surface area contributed by atoms with Gasteiger partial charge in [-0.15, -0.1) is 0 Å². The number of hydrogen-bond donors (Lipinski definition) is 1. The van der Waals surface area contributed by atoms with Crippen LogP contribution in [0.15, 0.2) is 0 Å². The molecule has 1 heterocycles. The highest BCUT2D eigenvalue weighted by Gasteiger charge is 2.17. The van der Waals surface area contributed by atoms with E-state index in [2.05, 4.69) is 31.0 Å². The second-order valence-corrected chi connectivity index (χ2v) is 6.29. The van der Waals surface area contributed by atoms with E-state index in [0.717, 1.165) is 18.5 Å². The molecule has 1 aliphatic heterocycles. The van der Waals surface area contributed by atoms with Crippen LogP contribution in [0.3, 0.4) is 0 Å². The van der Waals surface area contributed by atoms with E-state index in [0.29, 0.717) is 0 Å². The fraction of sp³-hybridized carbons (Fsp3) is 1.00. The first-order valence-electron chi connectivity index (χ1n) is 8.18. The predicted molar refractivity (Wildman–Crippen MR) is 81.1 cm³/mol. The van der Waals surface area contributed by atoms with E-state index in [4.69, 9.17) is 0 Å². The van der Waals surface area contributed by atoms with E-state index >= 15 is 0 Å². The number of piperidine rings is 1. The van der Waals surface area contributed by atoms with Gasteiger partial charge in [-0.3, -0.25) is 0 Å². The molecule has 0 saturated carbocycles. The van der Waals surface area contributed by atoms with Crippen LogP contribution in [0.25, 0.3) is 0 Å². The Hall–Kier alpha value is -0.0800. The van der Waals surface area contributed by atoms with Crippen molar-refractivity contribution < 1.29 is 0 Å². The molecular weight excluding hydrogens is 220 g/mol. The zero-order chi connectivity index (χ0) is 13.2. The Morgan fingerprint density at radius 2 is 1.94 bits per heavy atom. The highest BCUT2D eigenvalue weighted by molar-refractivity contribution is 4.77. The minimum atomic E-state index is 0.754. The third-order valence-corrected chi connectivity index (χ3v) is 4.00. The molecular formula is C16H34N2. The summed E-state index contributed by atoms with van der Waals surface area (Å²) >= 11 is 0. The van der Waals surface area contributed by atoms with Gasteiger partial charge in [0, 0.05) is 12.6 Å². The summed E-state index contributed by atoms with van der Waals surface area (Å²) in [4.78, 5) is 2.67. The lowest BCUT2D eigenvalue weighted by molar-refractivity contribution is 0.188. The fourth-order valence-corrected chi connectivity index (χ4v) is 2.96. The zero-order valence-corrected chi connectivity index (χ0v) is 12.9. The molecule has 0 aromatic carbocycles. The standard InChI is InChI=1S/C16H34N2/c1-4-17-16-11-9-13-18(14-16)12-8-6-5-7-10-15(2)3/h15-17H,4-14H2,1-3H3. The van der Waals surface area contributed by atoms with Crippen LogP contribution in [0.1, 0.15) is 65.7 Å². The summed E-state index contributed by atoms with van der Waals surface area (Å²) in [6, 6.07) is 0.754. The molecule has 1 fully saturated rings. The smallest absolute Gasteiger partial charge is 0.0195 e. The van der Waals surface area contributed by atoms with Crippen LogP contribution in [0.4, 0.5) is 0 Å². The van der Waals surface area contributed by atoms with Crippen molar-refractivity contribution in [2.45, 2.75) is 71.8 Å². The molecule has 108 valence electrons. The first-order valence-corrected chi connectivity index (χ1v) is 8.18. The molecule has 2 nitrogen and oxygen atoms in total. The molecule has 0 bridgehead atoms. The number of likely N-dealkylation sites (N-methyl/N-ethyl adjacent to an activating group) is 1. The van der Waals surface area contributed by atoms with E-state index < -0.39 is 0 Å². The Morgan fingerprint density at radius 1 is 1.17 bits per heavy atom. The van der Waals surface area contributed by atoms with Gasteiger partial charge in [0.05, 0.1) is 0 Å². The maximum absolute atomic E-state index is 3.60. The van der Waals surface area contributed by atoms with Crippen molar-refractivity contribution in [3.63, 3.8) is 0 Å². The highest BCUT2D eigenvalue weighted by atomic mass is 15.2. The third kappa shape index (κ3) is 7.38. The van der Waals surface area contributed by atoms with Gasteiger partial charge in [0.2, 0.25) is 0 Å². The molecule has 1 unspecified atom stereocenters. The minimum absolute atomic E-state index is 0.754. The maximum atomic E-state index is 3.60. The Balaban J connectivity index is 1.98. The monoisotopic (exact) mass is 254 g/mol. The van der Waals surface area contributed by atoms with Crippen LogP contribution in [-0.4, -0.2) is 37.1 Å². The van der Waals surface area contributed by atoms with Gasteiger partial charge in [0.15, 0.2) is 0 Å². The average Bonchev–Trinajstić information content (AvgIpc) is 2.34. The lowest BCUT2D eigenvalue weighted by Gasteiger charge is -2.33. The molecule has 2 heteroatoms. The average molecular weight is 254 g/mol. The summed E-state index contributed by atoms with van der Waals surface area (Å²) in [5.74, 6) is 0.882. The van der Waals surface area contributed by atoms with Crippen molar-refractivity contribution in [3.8, 4) is 0 Å². The summed E-state index contributed by atoms with van der Waals surface area (Å²) in [7, 11) is 0. The van der Waals surface area contributed by atoms with E-state index in [1.165, 1.54) is 64.6 Å². The summed E-state index contributed by atoms with van der Waals surface area (Å²) in [6.45, 7) is 11.9. The molecule has 1 rings (SSSR count). The van der Waals surface area contributed by atoms with E-state index in [1.807, 2.05) is 0 Å². The Bertz CT molecular complexity index is 190. The number of rotatable bonds is 9. The largest absolute Gasteiger partial charge is 0.313 e. The highest BCUT2D eigenvalue weighted by Crippen LogP contribution is 2.13. The summed E-state index contributed by atoms with van der Waals surface area (Å²) in [5.41, 5.74) is 0. The van der Waals surface area contributed by atoms with Crippen LogP contribution < -0.4 is 5.32 Å². The summed E-state index contributed by atoms with van der Waals surface area (Å²) in [6.07, 6.45) is 9.85. The van der Waals surface area contributed by atoms with Gasteiger partial charge in [-0.2, -0.15) is 0 Å². The van der Waals surface area contributed by atoms with E-state index in [1.54, 1.807) is 0 Å². The molecule has 0 aliphatic carbocycles. The van der Waals surface area contributed by atoms with Crippen molar-refractivity contribution >= 4 is 0 Å². The normalized spacial score (nSPS) is 21.7. The lowest BCUT2D eigenvalue weighted by Crippen LogP contribution is -2.45. The lowest BCUT2D eigenvalue weighted by atomic mass is 10.0. The zero-order valence-electron chi connectivity index (χ0n) is 12.9. The Labute approximate surface area is 115 Å². The van der Waals surface area contributed by atoms with Crippen molar-refractivity contribution in [1.82, 2.24) is 10.2 Å². The molecule has 0 amide bonds. The molecule has 0 aromatic heterocycles. The van der Waals surface area contributed by atoms with Gasteiger partial charge >= 0.3 is 0 Å². The second kappa shape index (κ2) is 9.80. The van der Waals surface area contributed by atoms with Gasteiger partial charge in [0.1, 0.15) is 0 Å². The van der Waals surface area contributed by atoms with Crippen LogP contribution in [0.2, 0.25) is 0 Å². The number of unbranched alkanes of at least 4 members (excludes halogenated alkanes) is 3.